The van der Waals surface area contributed by atoms with E-state index in [1.165, 1.54) is 0 Å². The number of rotatable bonds is 5. The van der Waals surface area contributed by atoms with Crippen LogP contribution in [0.5, 0.6) is 5.75 Å². The third-order valence-electron chi connectivity index (χ3n) is 3.74. The van der Waals surface area contributed by atoms with E-state index in [2.05, 4.69) is 44.4 Å². The largest absolute Gasteiger partial charge is 0.486 e. The molecule has 0 aromatic heterocycles. The van der Waals surface area contributed by atoms with Crippen molar-refractivity contribution in [3.05, 3.63) is 65.5 Å². The van der Waals surface area contributed by atoms with Gasteiger partial charge in [0.1, 0.15) is 6.61 Å². The number of nitrogens with zero attached hydrogens (tertiary/aromatic N) is 1. The second kappa shape index (κ2) is 9.35. The highest BCUT2D eigenvalue weighted by Gasteiger charge is 2.34. The molecule has 1 aliphatic heterocycles. The minimum absolute atomic E-state index is 0.0439. The van der Waals surface area contributed by atoms with Crippen LogP contribution >= 0.6 is 61.9 Å². The van der Waals surface area contributed by atoms with Gasteiger partial charge in [-0.15, -0.1) is 6.42 Å². The van der Waals surface area contributed by atoms with Gasteiger partial charge in [0.15, 0.2) is 5.75 Å². The minimum atomic E-state index is -0.403. The normalized spacial score (nSPS) is 15.2. The van der Waals surface area contributed by atoms with Crippen LogP contribution in [-0.4, -0.2) is 22.6 Å². The fraction of sp³-hybridized carbons (Fsp3) is 0.100. The van der Waals surface area contributed by atoms with Crippen molar-refractivity contribution in [1.29, 1.82) is 0 Å². The van der Waals surface area contributed by atoms with Gasteiger partial charge in [-0.2, -0.15) is 0 Å². The molecule has 0 radical (unpaired) electrons. The summed E-state index contributed by atoms with van der Waals surface area (Å²) in [6.45, 7) is 0.331. The maximum atomic E-state index is 12.3. The Balaban J connectivity index is 1.78. The highest BCUT2D eigenvalue weighted by Crippen LogP contribution is 2.37. The van der Waals surface area contributed by atoms with Crippen molar-refractivity contribution in [3.8, 4) is 18.1 Å². The Kier molecular flexibility index (Phi) is 7.10. The Morgan fingerprint density at radius 1 is 1.29 bits per heavy atom. The fourth-order valence-corrected chi connectivity index (χ4v) is 4.60. The molecule has 0 saturated carbocycles. The zero-order chi connectivity index (χ0) is 20.3. The number of thioether (sulfide) groups is 1. The van der Waals surface area contributed by atoms with E-state index in [1.807, 2.05) is 24.3 Å². The van der Waals surface area contributed by atoms with Crippen molar-refractivity contribution in [2.75, 3.05) is 6.54 Å². The number of amides is 2. The Labute approximate surface area is 193 Å². The van der Waals surface area contributed by atoms with Crippen molar-refractivity contribution in [1.82, 2.24) is 4.90 Å². The number of hydrogen-bond donors (Lipinski definition) is 0. The first-order valence-corrected chi connectivity index (χ1v) is 11.0. The number of benzene rings is 2. The molecule has 0 atom stereocenters. The van der Waals surface area contributed by atoms with E-state index in [-0.39, 0.29) is 11.8 Å². The van der Waals surface area contributed by atoms with Crippen LogP contribution in [0, 0.1) is 15.9 Å². The van der Waals surface area contributed by atoms with Gasteiger partial charge in [0, 0.05) is 3.57 Å². The molecule has 0 bridgehead atoms. The van der Waals surface area contributed by atoms with Crippen LogP contribution in [-0.2, 0) is 11.4 Å². The Bertz CT molecular complexity index is 994. The van der Waals surface area contributed by atoms with Crippen LogP contribution in [0.4, 0.5) is 4.79 Å². The first-order chi connectivity index (χ1) is 13.4. The lowest BCUT2D eigenvalue weighted by molar-refractivity contribution is -0.122. The molecule has 0 aliphatic carbocycles. The van der Waals surface area contributed by atoms with Gasteiger partial charge in [-0.3, -0.25) is 14.5 Å². The first-order valence-electron chi connectivity index (χ1n) is 7.94. The summed E-state index contributed by atoms with van der Waals surface area (Å²) in [7, 11) is 0. The van der Waals surface area contributed by atoms with Gasteiger partial charge in [0.05, 0.1) is 20.9 Å². The van der Waals surface area contributed by atoms with E-state index in [1.54, 1.807) is 18.2 Å². The summed E-state index contributed by atoms with van der Waals surface area (Å²) in [5, 5.41) is 0.0193. The topological polar surface area (TPSA) is 46.6 Å². The Morgan fingerprint density at radius 3 is 2.64 bits per heavy atom. The van der Waals surface area contributed by atoms with Gasteiger partial charge in [-0.1, -0.05) is 29.7 Å². The summed E-state index contributed by atoms with van der Waals surface area (Å²) in [5.41, 5.74) is 1.69. The lowest BCUT2D eigenvalue weighted by Crippen LogP contribution is -2.28. The molecule has 1 aliphatic rings. The molecule has 1 saturated heterocycles. The summed E-state index contributed by atoms with van der Waals surface area (Å²) >= 11 is 12.9. The fourth-order valence-electron chi connectivity index (χ4n) is 2.42. The van der Waals surface area contributed by atoms with Gasteiger partial charge in [0.2, 0.25) is 0 Å². The van der Waals surface area contributed by atoms with Gasteiger partial charge < -0.3 is 4.74 Å². The van der Waals surface area contributed by atoms with Crippen LogP contribution < -0.4 is 4.74 Å². The molecule has 2 aromatic rings. The van der Waals surface area contributed by atoms with Crippen LogP contribution in [0.25, 0.3) is 6.08 Å². The highest BCUT2D eigenvalue weighted by molar-refractivity contribution is 14.1. The van der Waals surface area contributed by atoms with Gasteiger partial charge in [-0.25, -0.2) is 0 Å². The van der Waals surface area contributed by atoms with Gasteiger partial charge in [-0.05, 0) is 91.8 Å². The van der Waals surface area contributed by atoms with Crippen molar-refractivity contribution in [3.63, 3.8) is 0 Å². The predicted octanol–water partition coefficient (Wildman–Crippen LogP) is 5.96. The van der Waals surface area contributed by atoms with E-state index in [4.69, 9.17) is 22.8 Å². The zero-order valence-electron chi connectivity index (χ0n) is 14.2. The second-order valence-corrected chi connectivity index (χ2v) is 9.20. The molecule has 2 aromatic carbocycles. The molecule has 28 heavy (non-hydrogen) atoms. The minimum Gasteiger partial charge on any atom is -0.486 e. The summed E-state index contributed by atoms with van der Waals surface area (Å²) < 4.78 is 7.65. The first kappa shape index (κ1) is 21.2. The lowest BCUT2D eigenvalue weighted by atomic mass is 10.2. The van der Waals surface area contributed by atoms with Crippen molar-refractivity contribution < 1.29 is 14.3 Å². The average molecular weight is 589 g/mol. The Hall–Kier alpha value is -1.47. The summed E-state index contributed by atoms with van der Waals surface area (Å²) in [5.74, 6) is 2.42. The van der Waals surface area contributed by atoms with Crippen molar-refractivity contribution in [2.24, 2.45) is 0 Å². The quantitative estimate of drug-likeness (QED) is 0.246. The third-order valence-corrected chi connectivity index (χ3v) is 6.23. The zero-order valence-corrected chi connectivity index (χ0v) is 19.6. The molecule has 3 rings (SSSR count). The number of ether oxygens (including phenoxy) is 1. The van der Waals surface area contributed by atoms with E-state index >= 15 is 0 Å². The number of carbonyl (C=O) groups is 2. The Morgan fingerprint density at radius 2 is 2.00 bits per heavy atom. The molecule has 8 heteroatoms. The molecular weight excluding hydrogens is 577 g/mol. The van der Waals surface area contributed by atoms with E-state index in [9.17, 15) is 9.59 Å². The number of imide groups is 1. The molecule has 0 spiro atoms. The molecule has 0 N–H and O–H groups in total. The van der Waals surface area contributed by atoms with Crippen LogP contribution in [0.15, 0.2) is 45.8 Å². The van der Waals surface area contributed by atoms with Crippen molar-refractivity contribution >= 4 is 79.1 Å². The second-order valence-electron chi connectivity index (χ2n) is 5.70. The number of hydrogen-bond acceptors (Lipinski definition) is 4. The number of halogens is 3. The summed E-state index contributed by atoms with van der Waals surface area (Å²) in [6.07, 6.45) is 6.81. The molecule has 142 valence electrons. The molecule has 0 unspecified atom stereocenters. The van der Waals surface area contributed by atoms with Crippen molar-refractivity contribution in [2.45, 2.75) is 6.61 Å². The van der Waals surface area contributed by atoms with Crippen LogP contribution in [0.3, 0.4) is 0 Å². The van der Waals surface area contributed by atoms with E-state index in [0.717, 1.165) is 25.8 Å². The van der Waals surface area contributed by atoms with E-state index < -0.39 is 5.91 Å². The van der Waals surface area contributed by atoms with Gasteiger partial charge in [0.25, 0.3) is 11.1 Å². The monoisotopic (exact) mass is 587 g/mol. The molecule has 1 fully saturated rings. The maximum absolute atomic E-state index is 12.3. The third kappa shape index (κ3) is 4.92. The lowest BCUT2D eigenvalue weighted by Gasteiger charge is -2.11. The molecule has 4 nitrogen and oxygen atoms in total. The highest BCUT2D eigenvalue weighted by atomic mass is 127. The van der Waals surface area contributed by atoms with E-state index in [0.29, 0.717) is 32.3 Å². The number of carbonyl (C=O) groups excluding carboxylic acids is 2. The smallest absolute Gasteiger partial charge is 0.294 e. The summed E-state index contributed by atoms with van der Waals surface area (Å²) in [4.78, 5) is 25.5. The maximum Gasteiger partial charge on any atom is 0.294 e. The van der Waals surface area contributed by atoms with Gasteiger partial charge >= 0.3 is 0 Å². The molecular formula is C20H12BrClINO3S. The predicted molar refractivity (Wildman–Crippen MR) is 124 cm³/mol. The number of terminal acetylenes is 1. The van der Waals surface area contributed by atoms with Crippen LogP contribution in [0.1, 0.15) is 11.1 Å². The van der Waals surface area contributed by atoms with Crippen LogP contribution in [0.2, 0.25) is 5.02 Å². The summed E-state index contributed by atoms with van der Waals surface area (Å²) in [6, 6.07) is 11.5. The molecule has 1 heterocycles. The molecule has 2 amide bonds. The standard InChI is InChI=1S/C20H12BrClINO3S/c1-2-7-24-19(25)17(28-20(24)26)10-13-8-15(21)18(16(22)9-13)27-11-12-3-5-14(23)6-4-12/h1,3-6,8-10H,7,11H2/b17-10+. The average Bonchev–Trinajstić information content (AvgIpc) is 2.90. The SMILES string of the molecule is C#CCN1C(=O)S/C(=C/c2cc(Cl)c(OCc3ccc(I)cc3)c(Br)c2)C1=O.